The molecule has 24 heavy (non-hydrogen) atoms. The van der Waals surface area contributed by atoms with E-state index in [1.165, 1.54) is 24.3 Å². The number of nitriles is 1. The summed E-state index contributed by atoms with van der Waals surface area (Å²) >= 11 is 0. The molecule has 1 heterocycles. The van der Waals surface area contributed by atoms with Crippen molar-refractivity contribution in [1.29, 1.82) is 5.26 Å². The molecule has 0 amide bonds. The molecule has 0 saturated heterocycles. The molecule has 0 atom stereocenters. The number of pyridine rings is 1. The van der Waals surface area contributed by atoms with E-state index in [0.29, 0.717) is 5.56 Å². The van der Waals surface area contributed by atoms with Crippen molar-refractivity contribution in [1.82, 2.24) is 4.98 Å². The Labute approximate surface area is 135 Å². The van der Waals surface area contributed by atoms with Gasteiger partial charge in [0, 0.05) is 16.7 Å². The summed E-state index contributed by atoms with van der Waals surface area (Å²) < 4.78 is 41.0. The molecule has 0 unspecified atom stereocenters. The molecule has 0 bridgehead atoms. The van der Waals surface area contributed by atoms with Crippen molar-refractivity contribution in [3.63, 3.8) is 0 Å². The van der Waals surface area contributed by atoms with Gasteiger partial charge < -0.3 is 5.73 Å². The Bertz CT molecular complexity index is 978. The first kappa shape index (κ1) is 15.6. The van der Waals surface area contributed by atoms with Crippen LogP contribution in [0.4, 0.5) is 19.0 Å². The van der Waals surface area contributed by atoms with E-state index in [2.05, 4.69) is 4.98 Å². The number of benzene rings is 2. The highest BCUT2D eigenvalue weighted by Crippen LogP contribution is 2.33. The number of hydrogen-bond acceptors (Lipinski definition) is 3. The lowest BCUT2D eigenvalue weighted by Crippen LogP contribution is -2.01. The van der Waals surface area contributed by atoms with Gasteiger partial charge in [-0.15, -0.1) is 0 Å². The van der Waals surface area contributed by atoms with Gasteiger partial charge in [0.25, 0.3) is 0 Å². The molecule has 118 valence electrons. The third-order valence-corrected chi connectivity index (χ3v) is 3.50. The normalized spacial score (nSPS) is 10.4. The topological polar surface area (TPSA) is 62.7 Å². The molecular formula is C18H10F3N3. The monoisotopic (exact) mass is 325 g/mol. The van der Waals surface area contributed by atoms with Crippen LogP contribution in [-0.4, -0.2) is 4.98 Å². The van der Waals surface area contributed by atoms with Crippen LogP contribution in [0.3, 0.4) is 0 Å². The maximum atomic E-state index is 14.1. The standard InChI is InChI=1S/C18H10F3N3/c19-11-3-1-2-10(6-11)17-8-13(15(9-22)18(23)24-17)14-7-12(20)4-5-16(14)21/h1-8H,(H2,23,24). The molecule has 0 fully saturated rings. The number of nitrogen functional groups attached to an aromatic ring is 1. The molecule has 1 aromatic heterocycles. The first-order valence-corrected chi connectivity index (χ1v) is 6.91. The molecule has 3 nitrogen and oxygen atoms in total. The summed E-state index contributed by atoms with van der Waals surface area (Å²) in [5.41, 5.74) is 6.37. The predicted octanol–water partition coefficient (Wildman–Crippen LogP) is 4.29. The molecule has 0 radical (unpaired) electrons. The molecule has 0 aliphatic carbocycles. The van der Waals surface area contributed by atoms with Crippen LogP contribution in [0.1, 0.15) is 5.56 Å². The fourth-order valence-corrected chi connectivity index (χ4v) is 2.39. The van der Waals surface area contributed by atoms with Crippen molar-refractivity contribution in [3.8, 4) is 28.5 Å². The van der Waals surface area contributed by atoms with Crippen LogP contribution >= 0.6 is 0 Å². The zero-order valence-electron chi connectivity index (χ0n) is 12.2. The number of nitrogens with zero attached hydrogens (tertiary/aromatic N) is 2. The Morgan fingerprint density at radius 3 is 2.38 bits per heavy atom. The lowest BCUT2D eigenvalue weighted by molar-refractivity contribution is 0.603. The molecule has 6 heteroatoms. The van der Waals surface area contributed by atoms with Gasteiger partial charge in [-0.05, 0) is 36.4 Å². The summed E-state index contributed by atoms with van der Waals surface area (Å²) in [6, 6.07) is 11.7. The number of aromatic nitrogens is 1. The quantitative estimate of drug-likeness (QED) is 0.764. The van der Waals surface area contributed by atoms with Crippen molar-refractivity contribution in [3.05, 3.63) is 71.5 Å². The van der Waals surface area contributed by atoms with Gasteiger partial charge in [-0.25, -0.2) is 18.2 Å². The highest BCUT2D eigenvalue weighted by molar-refractivity contribution is 5.80. The molecular weight excluding hydrogens is 315 g/mol. The average molecular weight is 325 g/mol. The van der Waals surface area contributed by atoms with Crippen molar-refractivity contribution in [2.45, 2.75) is 0 Å². The van der Waals surface area contributed by atoms with E-state index < -0.39 is 17.5 Å². The Morgan fingerprint density at radius 1 is 0.917 bits per heavy atom. The van der Waals surface area contributed by atoms with E-state index in [4.69, 9.17) is 5.73 Å². The molecule has 3 aromatic rings. The third kappa shape index (κ3) is 2.79. The molecule has 0 spiro atoms. The predicted molar refractivity (Wildman–Crippen MR) is 84.1 cm³/mol. The van der Waals surface area contributed by atoms with Crippen LogP contribution in [0.5, 0.6) is 0 Å². The SMILES string of the molecule is N#Cc1c(-c2cc(F)ccc2F)cc(-c2cccc(F)c2)nc1N. The Hall–Kier alpha value is -3.33. The number of rotatable bonds is 2. The first-order valence-electron chi connectivity index (χ1n) is 6.91. The zero-order valence-corrected chi connectivity index (χ0v) is 12.2. The van der Waals surface area contributed by atoms with Gasteiger partial charge in [0.2, 0.25) is 0 Å². The second-order valence-electron chi connectivity index (χ2n) is 5.06. The van der Waals surface area contributed by atoms with Crippen LogP contribution in [0.25, 0.3) is 22.4 Å². The van der Waals surface area contributed by atoms with E-state index in [1.54, 1.807) is 6.07 Å². The van der Waals surface area contributed by atoms with Gasteiger partial charge in [0.1, 0.15) is 34.9 Å². The van der Waals surface area contributed by atoms with Gasteiger partial charge in [-0.1, -0.05) is 12.1 Å². The summed E-state index contributed by atoms with van der Waals surface area (Å²) in [6.45, 7) is 0. The minimum atomic E-state index is -0.705. The molecule has 0 saturated carbocycles. The Kier molecular flexibility index (Phi) is 3.92. The Balaban J connectivity index is 2.29. The summed E-state index contributed by atoms with van der Waals surface area (Å²) in [7, 11) is 0. The van der Waals surface area contributed by atoms with E-state index in [9.17, 15) is 18.4 Å². The van der Waals surface area contributed by atoms with Crippen molar-refractivity contribution in [2.75, 3.05) is 5.73 Å². The summed E-state index contributed by atoms with van der Waals surface area (Å²) in [5, 5.41) is 9.28. The third-order valence-electron chi connectivity index (χ3n) is 3.50. The second-order valence-corrected chi connectivity index (χ2v) is 5.06. The number of nitrogens with two attached hydrogens (primary N) is 1. The first-order chi connectivity index (χ1) is 11.5. The fourth-order valence-electron chi connectivity index (χ4n) is 2.39. The molecule has 0 aliphatic heterocycles. The number of anilines is 1. The highest BCUT2D eigenvalue weighted by Gasteiger charge is 2.17. The molecule has 0 aliphatic rings. The number of hydrogen-bond donors (Lipinski definition) is 1. The van der Waals surface area contributed by atoms with E-state index in [0.717, 1.165) is 18.2 Å². The molecule has 2 aromatic carbocycles. The van der Waals surface area contributed by atoms with Crippen molar-refractivity contribution in [2.24, 2.45) is 0 Å². The molecule has 3 rings (SSSR count). The van der Waals surface area contributed by atoms with Gasteiger partial charge in [-0.3, -0.25) is 0 Å². The minimum Gasteiger partial charge on any atom is -0.383 e. The minimum absolute atomic E-state index is 0.0698. The summed E-state index contributed by atoms with van der Waals surface area (Å²) in [6.07, 6.45) is 0. The smallest absolute Gasteiger partial charge is 0.142 e. The lowest BCUT2D eigenvalue weighted by atomic mass is 9.98. The van der Waals surface area contributed by atoms with Gasteiger partial charge in [-0.2, -0.15) is 5.26 Å². The second kappa shape index (κ2) is 6.05. The van der Waals surface area contributed by atoms with Gasteiger partial charge >= 0.3 is 0 Å². The number of halogens is 3. The maximum Gasteiger partial charge on any atom is 0.142 e. The van der Waals surface area contributed by atoms with Gasteiger partial charge in [0.05, 0.1) is 5.69 Å². The van der Waals surface area contributed by atoms with Crippen LogP contribution < -0.4 is 5.73 Å². The maximum absolute atomic E-state index is 14.1. The zero-order chi connectivity index (χ0) is 17.3. The largest absolute Gasteiger partial charge is 0.383 e. The summed E-state index contributed by atoms with van der Waals surface area (Å²) in [5.74, 6) is -1.98. The van der Waals surface area contributed by atoms with Gasteiger partial charge in [0.15, 0.2) is 0 Å². The van der Waals surface area contributed by atoms with Crippen LogP contribution in [0.15, 0.2) is 48.5 Å². The van der Waals surface area contributed by atoms with Crippen LogP contribution in [-0.2, 0) is 0 Å². The summed E-state index contributed by atoms with van der Waals surface area (Å²) in [4.78, 5) is 4.07. The van der Waals surface area contributed by atoms with E-state index in [-0.39, 0.29) is 28.2 Å². The Morgan fingerprint density at radius 2 is 1.67 bits per heavy atom. The van der Waals surface area contributed by atoms with E-state index >= 15 is 0 Å². The lowest BCUT2D eigenvalue weighted by Gasteiger charge is -2.11. The molecule has 2 N–H and O–H groups in total. The average Bonchev–Trinajstić information content (AvgIpc) is 2.56. The van der Waals surface area contributed by atoms with Crippen molar-refractivity contribution >= 4 is 5.82 Å². The van der Waals surface area contributed by atoms with Crippen molar-refractivity contribution < 1.29 is 13.2 Å². The fraction of sp³-hybridized carbons (Fsp3) is 0. The van der Waals surface area contributed by atoms with Crippen LogP contribution in [0.2, 0.25) is 0 Å². The van der Waals surface area contributed by atoms with E-state index in [1.807, 2.05) is 6.07 Å². The van der Waals surface area contributed by atoms with Crippen LogP contribution in [0, 0.1) is 28.8 Å². The highest BCUT2D eigenvalue weighted by atomic mass is 19.1.